The van der Waals surface area contributed by atoms with Crippen molar-refractivity contribution in [2.24, 2.45) is 52.3 Å². The molecular weight excluding hydrogens is 1290 g/mol. The summed E-state index contributed by atoms with van der Waals surface area (Å²) in [6.45, 7) is 17.6. The molecule has 1 aromatic carbocycles. The molecule has 99 heavy (non-hydrogen) atoms. The van der Waals surface area contributed by atoms with Gasteiger partial charge < -0.3 is 108 Å². The molecule has 0 spiro atoms. The third-order valence-corrected chi connectivity index (χ3v) is 16.1. The Morgan fingerprint density at radius 1 is 0.384 bits per heavy atom. The Kier molecular flexibility index (Phi) is 42.2. The van der Waals surface area contributed by atoms with Crippen LogP contribution in [-0.2, 0) is 68.7 Å². The monoisotopic (exact) mass is 1400 g/mol. The van der Waals surface area contributed by atoms with Crippen LogP contribution in [0.5, 0.6) is 5.75 Å². The van der Waals surface area contributed by atoms with E-state index in [1.807, 2.05) is 0 Å². The van der Waals surface area contributed by atoms with Crippen molar-refractivity contribution in [1.82, 2.24) is 63.8 Å². The first-order valence-electron chi connectivity index (χ1n) is 34.4. The van der Waals surface area contributed by atoms with Crippen LogP contribution in [0.4, 0.5) is 0 Å². The molecule has 0 aromatic heterocycles. The Balaban J connectivity index is 3.30. The third kappa shape index (κ3) is 34.0. The van der Waals surface area contributed by atoms with Gasteiger partial charge in [-0.05, 0) is 165 Å². The normalized spacial score (nSPS) is 15.3. The number of aliphatic hydroxyl groups is 1. The van der Waals surface area contributed by atoms with E-state index in [0.29, 0.717) is 83.0 Å². The molecule has 1 rings (SSSR count). The van der Waals surface area contributed by atoms with Crippen molar-refractivity contribution in [2.45, 2.75) is 245 Å². The second-order valence-electron chi connectivity index (χ2n) is 26.5. The molecule has 0 heterocycles. The third-order valence-electron chi connectivity index (χ3n) is 16.1. The van der Waals surface area contributed by atoms with Gasteiger partial charge >= 0.3 is 5.97 Å². The number of rotatable bonds is 49. The van der Waals surface area contributed by atoms with Crippen molar-refractivity contribution in [3.05, 3.63) is 29.8 Å². The highest BCUT2D eigenvalue weighted by molar-refractivity contribution is 5.99. The van der Waals surface area contributed by atoms with Gasteiger partial charge in [-0.1, -0.05) is 73.9 Å². The van der Waals surface area contributed by atoms with Gasteiger partial charge in [0.1, 0.15) is 72.2 Å². The minimum atomic E-state index is -1.76. The number of hydrogen-bond donors (Lipinski definition) is 20. The molecule has 0 aliphatic heterocycles. The fourth-order valence-electron chi connectivity index (χ4n) is 10.1. The number of carboxylic acid groups (broad SMARTS) is 1. The van der Waals surface area contributed by atoms with Gasteiger partial charge in [-0.3, -0.25) is 57.5 Å². The molecule has 0 unspecified atom stereocenters. The summed E-state index contributed by atoms with van der Waals surface area (Å²) in [5.74, 6) is -13.0. The van der Waals surface area contributed by atoms with Crippen LogP contribution in [0.3, 0.4) is 0 Å². The zero-order chi connectivity index (χ0) is 75.2. The number of aliphatic carboxylic acids is 1. The first-order chi connectivity index (χ1) is 46.5. The van der Waals surface area contributed by atoms with E-state index < -0.39 is 180 Å². The number of nitrogens with one attached hydrogen (secondary N) is 12. The lowest BCUT2D eigenvalue weighted by Crippen LogP contribution is -2.62. The number of aromatic hydroxyl groups is 1. The van der Waals surface area contributed by atoms with Crippen molar-refractivity contribution in [3.63, 3.8) is 0 Å². The standard InChI is InChI=1S/C66H117N17O16/c1-35(2)32-48(62(94)82-53(38(7)8)66(98)99)75-50(86)34-72-58(90)49(33-42-24-26-43(85)27-25-42)79-65(97)54(41(11)84)83-56(88)40(10)73-55(87)39(9)74-63(95)51(36(3)4)81-64(96)52(37(5)6)80-61(93)47(23-15-19-31-70)78-60(92)46(22-14-18-30-69)77-59(91)45(21-13-17-29-68)76-57(89)44(71)20-12-16-28-67/h24-27,35-41,44-49,51-54,84-85H,12-23,28-34,67-71H2,1-11H3,(H,72,90)(H,73,87)(H,74,95)(H,75,86)(H,76,89)(H,77,91)(H,78,92)(H,79,97)(H,80,93)(H,81,96)(H,82,94)(H,83,88)(H,98,99)/t39-,40-,41+,44-,45-,46-,47-,48-,49-,51-,52-,53-,54-/m0/s1. The molecular formula is C66H117N17O16. The van der Waals surface area contributed by atoms with Crippen LogP contribution >= 0.6 is 0 Å². The Morgan fingerprint density at radius 3 is 1.16 bits per heavy atom. The highest BCUT2D eigenvalue weighted by atomic mass is 16.4. The van der Waals surface area contributed by atoms with Gasteiger partial charge in [-0.25, -0.2) is 4.79 Å². The Morgan fingerprint density at radius 2 is 0.737 bits per heavy atom. The summed E-state index contributed by atoms with van der Waals surface area (Å²) >= 11 is 0. The first kappa shape index (κ1) is 88.9. The minimum absolute atomic E-state index is 0.0678. The summed E-state index contributed by atoms with van der Waals surface area (Å²) < 4.78 is 0. The van der Waals surface area contributed by atoms with Crippen molar-refractivity contribution in [2.75, 3.05) is 32.7 Å². The van der Waals surface area contributed by atoms with E-state index in [1.165, 1.54) is 45.0 Å². The summed E-state index contributed by atoms with van der Waals surface area (Å²) in [5, 5.41) is 61.1. The average molecular weight is 1400 g/mol. The van der Waals surface area contributed by atoms with Crippen LogP contribution in [0.15, 0.2) is 24.3 Å². The molecule has 0 aliphatic rings. The molecule has 0 saturated carbocycles. The summed E-state index contributed by atoms with van der Waals surface area (Å²) in [5.41, 5.74) is 29.5. The smallest absolute Gasteiger partial charge is 0.326 e. The number of phenols is 1. The largest absolute Gasteiger partial charge is 0.508 e. The van der Waals surface area contributed by atoms with Crippen molar-refractivity contribution >= 4 is 76.9 Å². The van der Waals surface area contributed by atoms with Gasteiger partial charge in [-0.2, -0.15) is 0 Å². The number of nitrogens with two attached hydrogens (primary N) is 5. The molecule has 25 N–H and O–H groups in total. The number of hydrogen-bond acceptors (Lipinski definition) is 20. The quantitative estimate of drug-likeness (QED) is 0.0285. The molecule has 12 amide bonds. The number of phenolic OH excluding ortho intramolecular Hbond substituents is 1. The van der Waals surface area contributed by atoms with Gasteiger partial charge in [0.2, 0.25) is 70.9 Å². The van der Waals surface area contributed by atoms with Crippen molar-refractivity contribution in [1.29, 1.82) is 0 Å². The number of carbonyl (C=O) groups excluding carboxylic acids is 12. The number of benzene rings is 1. The van der Waals surface area contributed by atoms with Gasteiger partial charge in [0.25, 0.3) is 0 Å². The number of amides is 12. The fourth-order valence-corrected chi connectivity index (χ4v) is 10.1. The SMILES string of the molecule is CC(C)C[C@H](NC(=O)CNC(=O)[C@H](Cc1ccc(O)cc1)NC(=O)[C@@H](NC(=O)[C@H](C)NC(=O)[C@H](C)NC(=O)[C@@H](NC(=O)[C@@H](NC(=O)[C@H](CCCCN)NC(=O)[C@H](CCCCN)NC(=O)[C@H](CCCCN)NC(=O)[C@@H](N)CCCCN)C(C)C)C(C)C)[C@@H](C)O)C(=O)N[C@H](C(=O)O)C(C)C. The molecule has 0 bridgehead atoms. The van der Waals surface area contributed by atoms with Crippen LogP contribution in [-0.4, -0.2) is 204 Å². The van der Waals surface area contributed by atoms with Gasteiger partial charge in [0, 0.05) is 6.42 Å². The maximum absolute atomic E-state index is 14.3. The summed E-state index contributed by atoms with van der Waals surface area (Å²) in [6, 6.07) is -9.97. The maximum atomic E-state index is 14.3. The molecule has 1 aromatic rings. The van der Waals surface area contributed by atoms with Gasteiger partial charge in [0.05, 0.1) is 18.7 Å². The number of carboxylic acids is 1. The first-order valence-corrected chi connectivity index (χ1v) is 34.4. The van der Waals surface area contributed by atoms with Gasteiger partial charge in [-0.15, -0.1) is 0 Å². The summed E-state index contributed by atoms with van der Waals surface area (Å²) in [4.78, 5) is 177. The summed E-state index contributed by atoms with van der Waals surface area (Å²) in [6.07, 6.45) is 2.97. The zero-order valence-electron chi connectivity index (χ0n) is 59.6. The van der Waals surface area contributed by atoms with E-state index in [1.54, 1.807) is 55.4 Å². The molecule has 13 atom stereocenters. The molecule has 33 heteroatoms. The number of carbonyl (C=O) groups is 13. The van der Waals surface area contributed by atoms with Crippen LogP contribution in [0.1, 0.15) is 165 Å². The van der Waals surface area contributed by atoms with Crippen LogP contribution in [0.2, 0.25) is 0 Å². The van der Waals surface area contributed by atoms with E-state index in [4.69, 9.17) is 28.7 Å². The van der Waals surface area contributed by atoms with E-state index in [0.717, 1.165) is 0 Å². The Labute approximate surface area is 581 Å². The predicted octanol–water partition coefficient (Wildman–Crippen LogP) is -3.25. The van der Waals surface area contributed by atoms with Crippen molar-refractivity contribution < 1.29 is 77.6 Å². The lowest BCUT2D eigenvalue weighted by Gasteiger charge is -2.30. The van der Waals surface area contributed by atoms with Crippen molar-refractivity contribution in [3.8, 4) is 5.75 Å². The van der Waals surface area contributed by atoms with Gasteiger partial charge in [0.15, 0.2) is 0 Å². The summed E-state index contributed by atoms with van der Waals surface area (Å²) in [7, 11) is 0. The number of aliphatic hydroxyl groups excluding tert-OH is 1. The van der Waals surface area contributed by atoms with E-state index in [9.17, 15) is 77.6 Å². The highest BCUT2D eigenvalue weighted by Crippen LogP contribution is 2.15. The lowest BCUT2D eigenvalue weighted by molar-refractivity contribution is -0.143. The lowest BCUT2D eigenvalue weighted by atomic mass is 9.98. The zero-order valence-corrected chi connectivity index (χ0v) is 59.6. The molecule has 0 radical (unpaired) electrons. The molecule has 33 nitrogen and oxygen atoms in total. The van der Waals surface area contributed by atoms with E-state index in [2.05, 4.69) is 63.8 Å². The van der Waals surface area contributed by atoms with Crippen LogP contribution < -0.4 is 92.5 Å². The molecule has 0 saturated heterocycles. The Bertz CT molecular complexity index is 2760. The Hall–Kier alpha value is -8.11. The second kappa shape index (κ2) is 47.0. The second-order valence-corrected chi connectivity index (χ2v) is 26.5. The van der Waals surface area contributed by atoms with E-state index in [-0.39, 0.29) is 50.3 Å². The molecule has 0 aliphatic carbocycles. The average Bonchev–Trinajstić information content (AvgIpc) is 0.928. The minimum Gasteiger partial charge on any atom is -0.508 e. The van der Waals surface area contributed by atoms with E-state index >= 15 is 0 Å². The predicted molar refractivity (Wildman–Crippen MR) is 370 cm³/mol. The topological polar surface area (TPSA) is 557 Å². The molecule has 0 fully saturated rings. The van der Waals surface area contributed by atoms with Crippen LogP contribution in [0.25, 0.3) is 0 Å². The number of unbranched alkanes of at least 4 members (excludes halogenated alkanes) is 4. The highest BCUT2D eigenvalue weighted by Gasteiger charge is 2.37. The maximum Gasteiger partial charge on any atom is 0.326 e. The van der Waals surface area contributed by atoms with Crippen LogP contribution in [0, 0.1) is 23.7 Å². The fraction of sp³-hybridized carbons (Fsp3) is 0.712. The molecule has 562 valence electrons.